The Hall–Kier alpha value is -1.84. The first-order chi connectivity index (χ1) is 11.7. The summed E-state index contributed by atoms with van der Waals surface area (Å²) >= 11 is 0. The van der Waals surface area contributed by atoms with Crippen molar-refractivity contribution in [2.75, 3.05) is 13.2 Å². The number of ether oxygens (including phenoxy) is 2. The van der Waals surface area contributed by atoms with Gasteiger partial charge >= 0.3 is 0 Å². The summed E-state index contributed by atoms with van der Waals surface area (Å²) in [7, 11) is 0. The van der Waals surface area contributed by atoms with E-state index >= 15 is 0 Å². The summed E-state index contributed by atoms with van der Waals surface area (Å²) in [5.41, 5.74) is 5.44. The van der Waals surface area contributed by atoms with Crippen LogP contribution in [-0.2, 0) is 35.2 Å². The van der Waals surface area contributed by atoms with Crippen LogP contribution in [0.3, 0.4) is 0 Å². The molecular weight excluding hydrogens is 300 g/mol. The lowest BCUT2D eigenvalue weighted by Crippen LogP contribution is -2.47. The molecule has 1 fully saturated rings. The largest absolute Gasteiger partial charge is 0.508 e. The Morgan fingerprint density at radius 2 is 1.29 bits per heavy atom. The Morgan fingerprint density at radius 1 is 0.750 bits per heavy atom. The van der Waals surface area contributed by atoms with Crippen LogP contribution in [0.1, 0.15) is 22.3 Å². The molecule has 3 aliphatic rings. The highest BCUT2D eigenvalue weighted by molar-refractivity contribution is 5.39. The van der Waals surface area contributed by atoms with Crippen LogP contribution < -0.4 is 0 Å². The maximum absolute atomic E-state index is 9.93. The molecular formula is C21H22O3. The van der Waals surface area contributed by atoms with Crippen molar-refractivity contribution in [3.8, 4) is 5.75 Å². The van der Waals surface area contributed by atoms with Crippen LogP contribution in [0.25, 0.3) is 0 Å². The zero-order chi connectivity index (χ0) is 16.1. The van der Waals surface area contributed by atoms with E-state index in [9.17, 15) is 5.11 Å². The summed E-state index contributed by atoms with van der Waals surface area (Å²) in [6, 6.07) is 14.6. The third-order valence-electron chi connectivity index (χ3n) is 6.05. The number of hydrogen-bond acceptors (Lipinski definition) is 3. The lowest BCUT2D eigenvalue weighted by atomic mass is 9.83. The second-order valence-electron chi connectivity index (χ2n) is 7.35. The van der Waals surface area contributed by atoms with Gasteiger partial charge in [0.15, 0.2) is 5.79 Å². The fourth-order valence-corrected chi connectivity index (χ4v) is 4.98. The van der Waals surface area contributed by atoms with E-state index in [1.54, 1.807) is 6.07 Å². The van der Waals surface area contributed by atoms with Gasteiger partial charge in [-0.05, 0) is 60.1 Å². The summed E-state index contributed by atoms with van der Waals surface area (Å²) in [5.74, 6) is 0.482. The quantitative estimate of drug-likeness (QED) is 0.809. The van der Waals surface area contributed by atoms with Gasteiger partial charge in [0.1, 0.15) is 5.75 Å². The molecule has 0 radical (unpaired) electrons. The monoisotopic (exact) mass is 322 g/mol. The molecule has 0 amide bonds. The Labute approximate surface area is 142 Å². The smallest absolute Gasteiger partial charge is 0.175 e. The molecule has 2 atom stereocenters. The molecule has 1 spiro atoms. The maximum Gasteiger partial charge on any atom is 0.175 e. The van der Waals surface area contributed by atoms with E-state index in [4.69, 9.17) is 9.47 Å². The number of phenols is 1. The molecule has 0 saturated carbocycles. The van der Waals surface area contributed by atoms with Gasteiger partial charge in [0.2, 0.25) is 0 Å². The number of fused-ring (bicyclic) bond motifs is 2. The minimum Gasteiger partial charge on any atom is -0.508 e. The van der Waals surface area contributed by atoms with E-state index in [2.05, 4.69) is 30.3 Å². The molecule has 2 aromatic rings. The lowest BCUT2D eigenvalue weighted by Gasteiger charge is -2.38. The lowest BCUT2D eigenvalue weighted by molar-refractivity contribution is -0.227. The number of phenolic OH excluding ortho intramolecular Hbond substituents is 1. The van der Waals surface area contributed by atoms with E-state index < -0.39 is 5.79 Å². The van der Waals surface area contributed by atoms with E-state index in [0.717, 1.165) is 25.7 Å². The van der Waals surface area contributed by atoms with Crippen molar-refractivity contribution in [2.45, 2.75) is 31.5 Å². The van der Waals surface area contributed by atoms with Gasteiger partial charge in [-0.15, -0.1) is 0 Å². The summed E-state index contributed by atoms with van der Waals surface area (Å²) in [6.07, 6.45) is 3.81. The average Bonchev–Trinajstić information content (AvgIpc) is 2.99. The van der Waals surface area contributed by atoms with Gasteiger partial charge in [0.25, 0.3) is 0 Å². The van der Waals surface area contributed by atoms with Crippen LogP contribution in [0.15, 0.2) is 42.5 Å². The highest BCUT2D eigenvalue weighted by atomic mass is 16.7. The minimum atomic E-state index is -0.479. The van der Waals surface area contributed by atoms with Crippen molar-refractivity contribution in [1.29, 1.82) is 0 Å². The molecule has 2 aliphatic carbocycles. The third-order valence-corrected chi connectivity index (χ3v) is 6.05. The Morgan fingerprint density at radius 3 is 1.92 bits per heavy atom. The van der Waals surface area contributed by atoms with E-state index in [1.165, 1.54) is 22.3 Å². The van der Waals surface area contributed by atoms with Crippen molar-refractivity contribution in [1.82, 2.24) is 0 Å². The predicted molar refractivity (Wildman–Crippen MR) is 91.0 cm³/mol. The highest BCUT2D eigenvalue weighted by Crippen LogP contribution is 2.47. The molecule has 24 heavy (non-hydrogen) atoms. The van der Waals surface area contributed by atoms with Crippen molar-refractivity contribution in [2.24, 2.45) is 11.8 Å². The van der Waals surface area contributed by atoms with Crippen LogP contribution in [0.5, 0.6) is 5.75 Å². The summed E-state index contributed by atoms with van der Waals surface area (Å²) in [4.78, 5) is 0. The molecule has 2 unspecified atom stereocenters. The molecule has 5 rings (SSSR count). The zero-order valence-electron chi connectivity index (χ0n) is 13.7. The second-order valence-corrected chi connectivity index (χ2v) is 7.35. The first-order valence-electron chi connectivity index (χ1n) is 8.90. The Bertz CT molecular complexity index is 776. The minimum absolute atomic E-state index is 0.289. The van der Waals surface area contributed by atoms with E-state index in [0.29, 0.717) is 24.9 Å². The average molecular weight is 322 g/mol. The molecule has 3 nitrogen and oxygen atoms in total. The first-order valence-corrected chi connectivity index (χ1v) is 8.90. The van der Waals surface area contributed by atoms with Crippen LogP contribution in [0, 0.1) is 11.8 Å². The third kappa shape index (κ3) is 2.11. The highest BCUT2D eigenvalue weighted by Gasteiger charge is 2.53. The Kier molecular flexibility index (Phi) is 3.22. The molecule has 1 N–H and O–H groups in total. The maximum atomic E-state index is 9.93. The van der Waals surface area contributed by atoms with Gasteiger partial charge in [0, 0.05) is 11.8 Å². The summed E-state index contributed by atoms with van der Waals surface area (Å²) in [5, 5.41) is 9.93. The second kappa shape index (κ2) is 5.33. The summed E-state index contributed by atoms with van der Waals surface area (Å²) in [6.45, 7) is 1.37. The van der Waals surface area contributed by atoms with Crippen LogP contribution in [-0.4, -0.2) is 24.1 Å². The predicted octanol–water partition coefficient (Wildman–Crippen LogP) is 3.27. The van der Waals surface area contributed by atoms with Crippen molar-refractivity contribution in [3.05, 3.63) is 64.7 Å². The van der Waals surface area contributed by atoms with Crippen LogP contribution >= 0.6 is 0 Å². The number of aromatic hydroxyl groups is 1. The molecule has 1 aliphatic heterocycles. The van der Waals surface area contributed by atoms with Gasteiger partial charge in [-0.2, -0.15) is 0 Å². The SMILES string of the molecule is Oc1ccc2c(c1)CC1Cc3ccccc3CC(C2)C12OCCO2. The van der Waals surface area contributed by atoms with E-state index in [1.807, 2.05) is 6.07 Å². The van der Waals surface area contributed by atoms with Crippen LogP contribution in [0.2, 0.25) is 0 Å². The molecule has 1 saturated heterocycles. The number of benzene rings is 2. The molecule has 1 heterocycles. The molecule has 124 valence electrons. The van der Waals surface area contributed by atoms with Crippen molar-refractivity contribution >= 4 is 0 Å². The van der Waals surface area contributed by atoms with Crippen molar-refractivity contribution in [3.63, 3.8) is 0 Å². The van der Waals surface area contributed by atoms with Gasteiger partial charge < -0.3 is 14.6 Å². The molecule has 3 heteroatoms. The number of hydrogen-bond donors (Lipinski definition) is 1. The standard InChI is InChI=1S/C21H22O3/c22-20-6-5-16-11-18-9-14-3-1-2-4-15(14)10-19(12-17(16)13-20)21(18)23-7-8-24-21/h1-6,13,18-19,22H,7-12H2. The van der Waals surface area contributed by atoms with Crippen molar-refractivity contribution < 1.29 is 14.6 Å². The van der Waals surface area contributed by atoms with Gasteiger partial charge in [0.05, 0.1) is 13.2 Å². The van der Waals surface area contributed by atoms with E-state index in [-0.39, 0.29) is 5.92 Å². The number of rotatable bonds is 0. The summed E-state index contributed by atoms with van der Waals surface area (Å²) < 4.78 is 12.6. The molecule has 2 bridgehead atoms. The van der Waals surface area contributed by atoms with Gasteiger partial charge in [-0.25, -0.2) is 0 Å². The normalized spacial score (nSPS) is 27.2. The topological polar surface area (TPSA) is 38.7 Å². The van der Waals surface area contributed by atoms with Gasteiger partial charge in [-0.3, -0.25) is 0 Å². The van der Waals surface area contributed by atoms with Crippen LogP contribution in [0.4, 0.5) is 0 Å². The first kappa shape index (κ1) is 14.5. The van der Waals surface area contributed by atoms with Gasteiger partial charge in [-0.1, -0.05) is 30.3 Å². The fourth-order valence-electron chi connectivity index (χ4n) is 4.98. The molecule has 0 aromatic heterocycles. The Balaban J connectivity index is 1.66. The zero-order valence-corrected chi connectivity index (χ0v) is 13.7. The molecule has 2 aromatic carbocycles. The fraction of sp³-hybridized carbons (Fsp3) is 0.429.